The Kier molecular flexibility index (Phi) is 5.07. The lowest BCUT2D eigenvalue weighted by Crippen LogP contribution is -2.45. The maximum atomic E-state index is 13.7. The van der Waals surface area contributed by atoms with Crippen molar-refractivity contribution in [3.05, 3.63) is 71.3 Å². The molecular formula is C19H18F2N2O2. The van der Waals surface area contributed by atoms with E-state index in [4.69, 9.17) is 0 Å². The summed E-state index contributed by atoms with van der Waals surface area (Å²) in [7, 11) is 0. The van der Waals surface area contributed by atoms with E-state index >= 15 is 0 Å². The molecule has 2 aromatic carbocycles. The fraction of sp³-hybridized carbons (Fsp3) is 0.263. The Morgan fingerprint density at radius 2 is 1.44 bits per heavy atom. The van der Waals surface area contributed by atoms with Gasteiger partial charge in [0, 0.05) is 12.6 Å². The summed E-state index contributed by atoms with van der Waals surface area (Å²) in [5, 5.41) is 5.42. The average molecular weight is 344 g/mol. The first-order valence-electron chi connectivity index (χ1n) is 8.14. The summed E-state index contributed by atoms with van der Waals surface area (Å²) in [5.41, 5.74) is -0.0777. The number of hydrogen-bond donors (Lipinski definition) is 2. The second-order valence-electron chi connectivity index (χ2n) is 6.09. The summed E-state index contributed by atoms with van der Waals surface area (Å²) in [4.78, 5) is 24.4. The second-order valence-corrected chi connectivity index (χ2v) is 6.09. The molecule has 3 rings (SSSR count). The molecule has 0 aromatic heterocycles. The van der Waals surface area contributed by atoms with Crippen molar-refractivity contribution < 1.29 is 18.4 Å². The molecule has 130 valence electrons. The number of halogens is 2. The zero-order valence-corrected chi connectivity index (χ0v) is 13.5. The highest BCUT2D eigenvalue weighted by molar-refractivity contribution is 5.95. The topological polar surface area (TPSA) is 58.2 Å². The summed E-state index contributed by atoms with van der Waals surface area (Å²) in [5.74, 6) is -2.01. The molecule has 1 atom stereocenters. The highest BCUT2D eigenvalue weighted by Crippen LogP contribution is 2.32. The molecule has 2 amide bonds. The van der Waals surface area contributed by atoms with Crippen LogP contribution < -0.4 is 10.6 Å². The first-order chi connectivity index (χ1) is 12.1. The van der Waals surface area contributed by atoms with E-state index in [1.165, 1.54) is 36.4 Å². The standard InChI is InChI=1S/C19H18F2N2O2/c20-15-7-3-1-5-13(15)18(24)22-11-17(12-9-10-12)23-19(25)14-6-2-4-8-16(14)21/h1-8,12,17H,9-11H2,(H,22,24)(H,23,25)/t17-/m1/s1. The number of rotatable bonds is 6. The molecule has 6 heteroatoms. The third kappa shape index (κ3) is 4.21. The van der Waals surface area contributed by atoms with Gasteiger partial charge in [-0.2, -0.15) is 0 Å². The van der Waals surface area contributed by atoms with Crippen LogP contribution in [0.15, 0.2) is 48.5 Å². The van der Waals surface area contributed by atoms with Crippen LogP contribution in [0.4, 0.5) is 8.78 Å². The van der Waals surface area contributed by atoms with E-state index in [0.717, 1.165) is 12.8 Å². The van der Waals surface area contributed by atoms with Crippen molar-refractivity contribution in [3.8, 4) is 0 Å². The first kappa shape index (κ1) is 17.1. The molecule has 0 spiro atoms. The van der Waals surface area contributed by atoms with E-state index in [2.05, 4.69) is 10.6 Å². The van der Waals surface area contributed by atoms with Crippen LogP contribution in [0, 0.1) is 17.6 Å². The van der Waals surface area contributed by atoms with Crippen LogP contribution in [-0.4, -0.2) is 24.4 Å². The molecule has 0 bridgehead atoms. The molecule has 2 N–H and O–H groups in total. The van der Waals surface area contributed by atoms with Crippen LogP contribution in [0.1, 0.15) is 33.6 Å². The molecule has 0 radical (unpaired) electrons. The molecule has 0 saturated heterocycles. The van der Waals surface area contributed by atoms with Gasteiger partial charge in [-0.1, -0.05) is 24.3 Å². The number of carbonyl (C=O) groups is 2. The van der Waals surface area contributed by atoms with Crippen LogP contribution in [0.5, 0.6) is 0 Å². The fourth-order valence-electron chi connectivity index (χ4n) is 2.67. The Balaban J connectivity index is 1.63. The van der Waals surface area contributed by atoms with Gasteiger partial charge >= 0.3 is 0 Å². The van der Waals surface area contributed by atoms with Crippen molar-refractivity contribution >= 4 is 11.8 Å². The minimum Gasteiger partial charge on any atom is -0.350 e. The molecule has 1 fully saturated rings. The van der Waals surface area contributed by atoms with Gasteiger partial charge in [-0.3, -0.25) is 9.59 Å². The smallest absolute Gasteiger partial charge is 0.254 e. The molecule has 4 nitrogen and oxygen atoms in total. The van der Waals surface area contributed by atoms with Crippen LogP contribution in [0.2, 0.25) is 0 Å². The summed E-state index contributed by atoms with van der Waals surface area (Å²) in [6, 6.07) is 11.1. The van der Waals surface area contributed by atoms with E-state index in [0.29, 0.717) is 0 Å². The largest absolute Gasteiger partial charge is 0.350 e. The van der Waals surface area contributed by atoms with Gasteiger partial charge in [0.1, 0.15) is 11.6 Å². The lowest BCUT2D eigenvalue weighted by Gasteiger charge is -2.19. The van der Waals surface area contributed by atoms with Crippen molar-refractivity contribution in [1.82, 2.24) is 10.6 Å². The predicted octanol–water partition coefficient (Wildman–Crippen LogP) is 2.90. The number of nitrogens with one attached hydrogen (secondary N) is 2. The lowest BCUT2D eigenvalue weighted by atomic mass is 10.1. The summed E-state index contributed by atoms with van der Waals surface area (Å²) in [6.45, 7) is 0.165. The number of carbonyl (C=O) groups excluding carboxylic acids is 2. The van der Waals surface area contributed by atoms with E-state index in [9.17, 15) is 18.4 Å². The third-order valence-corrected chi connectivity index (χ3v) is 4.23. The molecule has 1 saturated carbocycles. The second kappa shape index (κ2) is 7.42. The van der Waals surface area contributed by atoms with Crippen LogP contribution >= 0.6 is 0 Å². The minimum absolute atomic E-state index is 0.0337. The van der Waals surface area contributed by atoms with Crippen LogP contribution in [-0.2, 0) is 0 Å². The average Bonchev–Trinajstić information content (AvgIpc) is 3.44. The number of hydrogen-bond acceptors (Lipinski definition) is 2. The monoisotopic (exact) mass is 344 g/mol. The SMILES string of the molecule is O=C(NC[C@@H](NC(=O)c1ccccc1F)C1CC1)c1ccccc1F. The van der Waals surface area contributed by atoms with Gasteiger partial charge in [0.05, 0.1) is 11.1 Å². The van der Waals surface area contributed by atoms with Crippen molar-refractivity contribution in [2.24, 2.45) is 5.92 Å². The van der Waals surface area contributed by atoms with Crippen molar-refractivity contribution in [3.63, 3.8) is 0 Å². The zero-order valence-electron chi connectivity index (χ0n) is 13.5. The summed E-state index contributed by atoms with van der Waals surface area (Å²) < 4.78 is 27.4. The Morgan fingerprint density at radius 3 is 1.96 bits per heavy atom. The maximum absolute atomic E-state index is 13.7. The van der Waals surface area contributed by atoms with Gasteiger partial charge in [-0.25, -0.2) is 8.78 Å². The highest BCUT2D eigenvalue weighted by Gasteiger charge is 2.33. The maximum Gasteiger partial charge on any atom is 0.254 e. The van der Waals surface area contributed by atoms with Crippen molar-refractivity contribution in [2.45, 2.75) is 18.9 Å². The number of benzene rings is 2. The van der Waals surface area contributed by atoms with Gasteiger partial charge in [0.25, 0.3) is 11.8 Å². The molecule has 25 heavy (non-hydrogen) atoms. The number of amides is 2. The first-order valence-corrected chi connectivity index (χ1v) is 8.14. The van der Waals surface area contributed by atoms with Crippen LogP contribution in [0.25, 0.3) is 0 Å². The van der Waals surface area contributed by atoms with Gasteiger partial charge in [0.2, 0.25) is 0 Å². The van der Waals surface area contributed by atoms with Gasteiger partial charge in [-0.15, -0.1) is 0 Å². The highest BCUT2D eigenvalue weighted by atomic mass is 19.1. The Morgan fingerprint density at radius 1 is 0.920 bits per heavy atom. The van der Waals surface area contributed by atoms with Crippen molar-refractivity contribution in [2.75, 3.05) is 6.54 Å². The minimum atomic E-state index is -0.599. The van der Waals surface area contributed by atoms with Gasteiger partial charge < -0.3 is 10.6 Å². The van der Waals surface area contributed by atoms with E-state index in [1.54, 1.807) is 12.1 Å². The van der Waals surface area contributed by atoms with Crippen molar-refractivity contribution in [1.29, 1.82) is 0 Å². The van der Waals surface area contributed by atoms with Gasteiger partial charge in [-0.05, 0) is 43.0 Å². The Hall–Kier alpha value is -2.76. The quantitative estimate of drug-likeness (QED) is 0.847. The summed E-state index contributed by atoms with van der Waals surface area (Å²) in [6.07, 6.45) is 1.86. The predicted molar refractivity (Wildman–Crippen MR) is 89.1 cm³/mol. The molecule has 0 aliphatic heterocycles. The van der Waals surface area contributed by atoms with Crippen LogP contribution in [0.3, 0.4) is 0 Å². The molecule has 0 heterocycles. The zero-order chi connectivity index (χ0) is 17.8. The molecular weight excluding hydrogens is 326 g/mol. The molecule has 1 aliphatic rings. The van der Waals surface area contributed by atoms with E-state index in [-0.39, 0.29) is 29.6 Å². The fourth-order valence-corrected chi connectivity index (χ4v) is 2.67. The molecule has 1 aliphatic carbocycles. The van der Waals surface area contributed by atoms with E-state index < -0.39 is 23.4 Å². The lowest BCUT2D eigenvalue weighted by molar-refractivity contribution is 0.0899. The third-order valence-electron chi connectivity index (χ3n) is 4.23. The van der Waals surface area contributed by atoms with Gasteiger partial charge in [0.15, 0.2) is 0 Å². The normalized spacial score (nSPS) is 14.6. The molecule has 0 unspecified atom stereocenters. The Labute approximate surface area is 144 Å². The van der Waals surface area contributed by atoms with E-state index in [1.807, 2.05) is 0 Å². The summed E-state index contributed by atoms with van der Waals surface area (Å²) >= 11 is 0. The Bertz CT molecular complexity index is 790. The molecule has 2 aromatic rings.